The number of rotatable bonds is 3. The molecule has 1 aliphatic rings. The molecule has 1 unspecified atom stereocenters. The van der Waals surface area contributed by atoms with Crippen molar-refractivity contribution >= 4 is 5.69 Å². The zero-order chi connectivity index (χ0) is 13.9. The molecule has 0 radical (unpaired) electrons. The molecule has 2 aromatic rings. The number of nitrogens with one attached hydrogen (secondary N) is 1. The Balaban J connectivity index is 1.85. The van der Waals surface area contributed by atoms with Crippen LogP contribution in [-0.4, -0.2) is 10.2 Å². The molecule has 0 fully saturated rings. The molecule has 3 heteroatoms. The van der Waals surface area contributed by atoms with E-state index in [4.69, 9.17) is 0 Å². The number of phenols is 1. The van der Waals surface area contributed by atoms with Crippen LogP contribution < -0.4 is 5.32 Å². The lowest BCUT2D eigenvalue weighted by atomic mass is 9.87. The van der Waals surface area contributed by atoms with Gasteiger partial charge in [0, 0.05) is 5.69 Å². The number of fused-ring (bicyclic) bond motifs is 1. The number of benzene rings is 2. The summed E-state index contributed by atoms with van der Waals surface area (Å²) >= 11 is 0. The number of hydrogen-bond donors (Lipinski definition) is 3. The van der Waals surface area contributed by atoms with Crippen molar-refractivity contribution in [1.82, 2.24) is 0 Å². The topological polar surface area (TPSA) is 52.5 Å². The Kier molecular flexibility index (Phi) is 3.61. The van der Waals surface area contributed by atoms with Crippen molar-refractivity contribution < 1.29 is 10.2 Å². The standard InChI is InChI=1S/C17H19NO2/c19-11-12-3-1-5-14(9-12)18-17-6-2-4-13-10-15(20)7-8-16(13)17/h1,3,5,7-10,17-20H,2,4,6,11H2. The van der Waals surface area contributed by atoms with E-state index in [1.54, 1.807) is 6.07 Å². The van der Waals surface area contributed by atoms with Crippen molar-refractivity contribution in [3.63, 3.8) is 0 Å². The fourth-order valence-electron chi connectivity index (χ4n) is 2.91. The highest BCUT2D eigenvalue weighted by molar-refractivity contribution is 5.50. The molecule has 0 spiro atoms. The summed E-state index contributed by atoms with van der Waals surface area (Å²) in [4.78, 5) is 0. The smallest absolute Gasteiger partial charge is 0.115 e. The molecule has 104 valence electrons. The number of aliphatic hydroxyl groups is 1. The van der Waals surface area contributed by atoms with Crippen LogP contribution in [0.4, 0.5) is 5.69 Å². The van der Waals surface area contributed by atoms with Crippen LogP contribution in [0.2, 0.25) is 0 Å². The molecule has 0 aliphatic heterocycles. The minimum absolute atomic E-state index is 0.0602. The van der Waals surface area contributed by atoms with E-state index in [1.807, 2.05) is 36.4 Å². The van der Waals surface area contributed by atoms with Gasteiger partial charge in [0.2, 0.25) is 0 Å². The van der Waals surface area contributed by atoms with E-state index >= 15 is 0 Å². The van der Waals surface area contributed by atoms with Crippen molar-refractivity contribution in [3.8, 4) is 5.75 Å². The first-order valence-electron chi connectivity index (χ1n) is 7.04. The maximum atomic E-state index is 9.58. The molecule has 20 heavy (non-hydrogen) atoms. The number of aryl methyl sites for hydroxylation is 1. The maximum Gasteiger partial charge on any atom is 0.115 e. The normalized spacial score (nSPS) is 17.6. The lowest BCUT2D eigenvalue weighted by Crippen LogP contribution is -2.17. The van der Waals surface area contributed by atoms with Gasteiger partial charge in [-0.2, -0.15) is 0 Å². The van der Waals surface area contributed by atoms with Crippen LogP contribution >= 0.6 is 0 Å². The lowest BCUT2D eigenvalue weighted by Gasteiger charge is -2.27. The predicted molar refractivity (Wildman–Crippen MR) is 79.8 cm³/mol. The largest absolute Gasteiger partial charge is 0.508 e. The second-order valence-electron chi connectivity index (χ2n) is 5.33. The Labute approximate surface area is 118 Å². The summed E-state index contributed by atoms with van der Waals surface area (Å²) in [5.41, 5.74) is 4.44. The minimum Gasteiger partial charge on any atom is -0.508 e. The van der Waals surface area contributed by atoms with Crippen molar-refractivity contribution in [2.75, 3.05) is 5.32 Å². The maximum absolute atomic E-state index is 9.58. The van der Waals surface area contributed by atoms with Crippen LogP contribution in [0, 0.1) is 0 Å². The van der Waals surface area contributed by atoms with Crippen LogP contribution in [0.3, 0.4) is 0 Å². The van der Waals surface area contributed by atoms with Gasteiger partial charge in [0.1, 0.15) is 5.75 Å². The third-order valence-corrected chi connectivity index (χ3v) is 3.89. The van der Waals surface area contributed by atoms with E-state index in [0.29, 0.717) is 5.75 Å². The number of phenolic OH excluding ortho intramolecular Hbond substituents is 1. The quantitative estimate of drug-likeness (QED) is 0.800. The molecule has 3 nitrogen and oxygen atoms in total. The second-order valence-corrected chi connectivity index (χ2v) is 5.33. The number of hydrogen-bond acceptors (Lipinski definition) is 3. The lowest BCUT2D eigenvalue weighted by molar-refractivity contribution is 0.282. The molecule has 0 saturated heterocycles. The highest BCUT2D eigenvalue weighted by Crippen LogP contribution is 2.34. The fourth-order valence-corrected chi connectivity index (χ4v) is 2.91. The number of anilines is 1. The fraction of sp³-hybridized carbons (Fsp3) is 0.294. The van der Waals surface area contributed by atoms with Crippen molar-refractivity contribution in [2.45, 2.75) is 31.9 Å². The number of aromatic hydroxyl groups is 1. The van der Waals surface area contributed by atoms with Gasteiger partial charge in [0.05, 0.1) is 12.6 Å². The Morgan fingerprint density at radius 3 is 2.90 bits per heavy atom. The Hall–Kier alpha value is -2.00. The molecule has 3 rings (SSSR count). The van der Waals surface area contributed by atoms with Crippen LogP contribution in [-0.2, 0) is 13.0 Å². The van der Waals surface area contributed by atoms with Gasteiger partial charge in [0.25, 0.3) is 0 Å². The van der Waals surface area contributed by atoms with Crippen LogP contribution in [0.1, 0.15) is 35.6 Å². The van der Waals surface area contributed by atoms with Crippen molar-refractivity contribution in [2.24, 2.45) is 0 Å². The zero-order valence-corrected chi connectivity index (χ0v) is 11.3. The van der Waals surface area contributed by atoms with E-state index < -0.39 is 0 Å². The van der Waals surface area contributed by atoms with Gasteiger partial charge in [0.15, 0.2) is 0 Å². The first-order chi connectivity index (χ1) is 9.76. The summed E-state index contributed by atoms with van der Waals surface area (Å²) < 4.78 is 0. The van der Waals surface area contributed by atoms with E-state index in [0.717, 1.165) is 30.5 Å². The highest BCUT2D eigenvalue weighted by atomic mass is 16.3. The Morgan fingerprint density at radius 2 is 2.05 bits per heavy atom. The first kappa shape index (κ1) is 13.0. The molecule has 1 atom stereocenters. The molecule has 0 aromatic heterocycles. The summed E-state index contributed by atoms with van der Waals surface area (Å²) in [5.74, 6) is 0.340. The summed E-state index contributed by atoms with van der Waals surface area (Å²) in [6.07, 6.45) is 3.23. The summed E-state index contributed by atoms with van der Waals surface area (Å²) in [6, 6.07) is 13.8. The third kappa shape index (κ3) is 2.63. The molecular weight excluding hydrogens is 250 g/mol. The zero-order valence-electron chi connectivity index (χ0n) is 11.3. The Morgan fingerprint density at radius 1 is 1.15 bits per heavy atom. The molecule has 0 bridgehead atoms. The summed E-state index contributed by atoms with van der Waals surface area (Å²) in [7, 11) is 0. The minimum atomic E-state index is 0.0602. The third-order valence-electron chi connectivity index (χ3n) is 3.89. The van der Waals surface area contributed by atoms with Crippen LogP contribution in [0.25, 0.3) is 0 Å². The number of aliphatic hydroxyl groups excluding tert-OH is 1. The SMILES string of the molecule is OCc1cccc(NC2CCCc3cc(O)ccc32)c1. The molecule has 3 N–H and O–H groups in total. The van der Waals surface area contributed by atoms with Crippen molar-refractivity contribution in [1.29, 1.82) is 0 Å². The van der Waals surface area contributed by atoms with Gasteiger partial charge in [-0.3, -0.25) is 0 Å². The van der Waals surface area contributed by atoms with Gasteiger partial charge in [-0.15, -0.1) is 0 Å². The van der Waals surface area contributed by atoms with Crippen LogP contribution in [0.5, 0.6) is 5.75 Å². The van der Waals surface area contributed by atoms with Gasteiger partial charge in [-0.25, -0.2) is 0 Å². The van der Waals surface area contributed by atoms with Gasteiger partial charge >= 0.3 is 0 Å². The van der Waals surface area contributed by atoms with Crippen molar-refractivity contribution in [3.05, 3.63) is 59.2 Å². The van der Waals surface area contributed by atoms with Crippen LogP contribution in [0.15, 0.2) is 42.5 Å². The summed E-state index contributed by atoms with van der Waals surface area (Å²) in [5, 5.41) is 22.3. The molecule has 0 heterocycles. The average molecular weight is 269 g/mol. The Bertz CT molecular complexity index is 610. The molecular formula is C17H19NO2. The van der Waals surface area contributed by atoms with E-state index in [1.165, 1.54) is 11.1 Å². The van der Waals surface area contributed by atoms with Gasteiger partial charge in [-0.1, -0.05) is 18.2 Å². The highest BCUT2D eigenvalue weighted by Gasteiger charge is 2.20. The summed E-state index contributed by atoms with van der Waals surface area (Å²) in [6.45, 7) is 0.0602. The van der Waals surface area contributed by atoms with E-state index in [9.17, 15) is 10.2 Å². The monoisotopic (exact) mass is 269 g/mol. The molecule has 0 amide bonds. The second kappa shape index (κ2) is 5.55. The molecule has 0 saturated carbocycles. The predicted octanol–water partition coefficient (Wildman–Crippen LogP) is 3.37. The van der Waals surface area contributed by atoms with Gasteiger partial charge < -0.3 is 15.5 Å². The van der Waals surface area contributed by atoms with E-state index in [2.05, 4.69) is 5.32 Å². The molecule has 1 aliphatic carbocycles. The van der Waals surface area contributed by atoms with E-state index in [-0.39, 0.29) is 12.6 Å². The van der Waals surface area contributed by atoms with Gasteiger partial charge in [-0.05, 0) is 60.2 Å². The average Bonchev–Trinajstić information content (AvgIpc) is 2.47. The first-order valence-corrected chi connectivity index (χ1v) is 7.04. The molecule has 2 aromatic carbocycles.